The van der Waals surface area contributed by atoms with Crippen molar-refractivity contribution in [2.24, 2.45) is 5.10 Å². The van der Waals surface area contributed by atoms with Crippen LogP contribution in [0, 0.1) is 0 Å². The lowest BCUT2D eigenvalue weighted by Crippen LogP contribution is -2.24. The Labute approximate surface area is 142 Å². The maximum Gasteiger partial charge on any atom is 0.277 e. The van der Waals surface area contributed by atoms with Crippen LogP contribution in [-0.2, 0) is 17.6 Å². The molecule has 0 fully saturated rings. The monoisotopic (exact) mass is 376 g/mol. The zero-order chi connectivity index (χ0) is 16.1. The van der Waals surface area contributed by atoms with E-state index < -0.39 is 0 Å². The number of aryl methyl sites for hydroxylation is 1. The molecule has 0 unspecified atom stereocenters. The first kappa shape index (κ1) is 15.8. The van der Waals surface area contributed by atoms with Crippen molar-refractivity contribution in [2.75, 3.05) is 6.61 Å². The summed E-state index contributed by atoms with van der Waals surface area (Å²) < 4.78 is 11.6. The first-order valence-corrected chi connectivity index (χ1v) is 8.32. The average molecular weight is 377 g/mol. The summed E-state index contributed by atoms with van der Waals surface area (Å²) in [5, 5.41) is 3.81. The van der Waals surface area contributed by atoms with Crippen LogP contribution in [0.5, 0.6) is 5.75 Å². The number of amides is 1. The Morgan fingerprint density at radius 1 is 1.35 bits per heavy atom. The zero-order valence-corrected chi connectivity index (χ0v) is 14.1. The van der Waals surface area contributed by atoms with Crippen LogP contribution in [0.2, 0.25) is 0 Å². The molecule has 0 bridgehead atoms. The van der Waals surface area contributed by atoms with Crippen LogP contribution in [0.1, 0.15) is 29.7 Å². The standard InChI is InChI=1S/C17H17BrN2O3/c18-17-14-6-2-1-4-12(14)7-8-15(17)23-11-16(21)20-19-10-13-5-3-9-22-13/h3,5,7-10H,1-2,4,6,11H2,(H,20,21)/b19-10-. The molecule has 1 aliphatic rings. The molecule has 0 spiro atoms. The molecule has 23 heavy (non-hydrogen) atoms. The second-order valence-corrected chi connectivity index (χ2v) is 6.11. The number of nitrogens with zero attached hydrogens (tertiary/aromatic N) is 1. The van der Waals surface area contributed by atoms with Gasteiger partial charge in [-0.15, -0.1) is 0 Å². The van der Waals surface area contributed by atoms with E-state index in [4.69, 9.17) is 9.15 Å². The maximum atomic E-state index is 11.7. The van der Waals surface area contributed by atoms with E-state index in [2.05, 4.69) is 32.5 Å². The molecular weight excluding hydrogens is 360 g/mol. The van der Waals surface area contributed by atoms with Crippen molar-refractivity contribution < 1.29 is 13.9 Å². The first-order chi connectivity index (χ1) is 11.2. The highest BCUT2D eigenvalue weighted by molar-refractivity contribution is 9.10. The second-order valence-electron chi connectivity index (χ2n) is 5.32. The molecule has 1 aromatic heterocycles. The first-order valence-electron chi connectivity index (χ1n) is 7.52. The van der Waals surface area contributed by atoms with Crippen LogP contribution in [-0.4, -0.2) is 18.7 Å². The summed E-state index contributed by atoms with van der Waals surface area (Å²) in [6, 6.07) is 7.49. The molecule has 5 nitrogen and oxygen atoms in total. The van der Waals surface area contributed by atoms with Gasteiger partial charge in [-0.3, -0.25) is 4.79 Å². The molecular formula is C17H17BrN2O3. The molecule has 1 heterocycles. The number of halogens is 1. The fourth-order valence-corrected chi connectivity index (χ4v) is 3.28. The molecule has 0 aliphatic heterocycles. The minimum atomic E-state index is -0.322. The third-order valence-corrected chi connectivity index (χ3v) is 4.58. The van der Waals surface area contributed by atoms with Crippen LogP contribution >= 0.6 is 15.9 Å². The highest BCUT2D eigenvalue weighted by atomic mass is 79.9. The van der Waals surface area contributed by atoms with Crippen LogP contribution < -0.4 is 10.2 Å². The van der Waals surface area contributed by atoms with Crippen molar-refractivity contribution in [1.29, 1.82) is 0 Å². The number of hydrogen-bond donors (Lipinski definition) is 1. The number of benzene rings is 1. The number of fused-ring (bicyclic) bond motifs is 1. The van der Waals surface area contributed by atoms with Gasteiger partial charge in [-0.25, -0.2) is 5.43 Å². The Bertz CT molecular complexity index is 711. The summed E-state index contributed by atoms with van der Waals surface area (Å²) in [5.41, 5.74) is 5.06. The minimum Gasteiger partial charge on any atom is -0.483 e. The van der Waals surface area contributed by atoms with Crippen LogP contribution in [0.3, 0.4) is 0 Å². The predicted molar refractivity (Wildman–Crippen MR) is 90.7 cm³/mol. The van der Waals surface area contributed by atoms with Crippen molar-refractivity contribution in [3.8, 4) is 5.75 Å². The quantitative estimate of drug-likeness (QED) is 0.641. The smallest absolute Gasteiger partial charge is 0.277 e. The van der Waals surface area contributed by atoms with E-state index in [0.29, 0.717) is 11.5 Å². The van der Waals surface area contributed by atoms with E-state index in [0.717, 1.165) is 17.3 Å². The maximum absolute atomic E-state index is 11.7. The zero-order valence-electron chi connectivity index (χ0n) is 12.5. The van der Waals surface area contributed by atoms with E-state index in [1.165, 1.54) is 30.2 Å². The molecule has 6 heteroatoms. The molecule has 0 radical (unpaired) electrons. The summed E-state index contributed by atoms with van der Waals surface area (Å²) in [7, 11) is 0. The number of hydrogen-bond acceptors (Lipinski definition) is 4. The van der Waals surface area contributed by atoms with Gasteiger partial charge in [0.05, 0.1) is 17.0 Å². The highest BCUT2D eigenvalue weighted by Crippen LogP contribution is 2.35. The number of furan rings is 1. The van der Waals surface area contributed by atoms with E-state index in [9.17, 15) is 4.79 Å². The molecule has 0 saturated heterocycles. The van der Waals surface area contributed by atoms with Gasteiger partial charge in [0.1, 0.15) is 11.5 Å². The molecule has 1 N–H and O–H groups in total. The Kier molecular flexibility index (Phi) is 5.12. The van der Waals surface area contributed by atoms with Gasteiger partial charge >= 0.3 is 0 Å². The lowest BCUT2D eigenvalue weighted by molar-refractivity contribution is -0.123. The average Bonchev–Trinajstić information content (AvgIpc) is 3.08. The summed E-state index contributed by atoms with van der Waals surface area (Å²) in [5.74, 6) is 0.942. The summed E-state index contributed by atoms with van der Waals surface area (Å²) in [6.45, 7) is -0.0904. The van der Waals surface area contributed by atoms with Gasteiger partial charge in [-0.05, 0) is 70.9 Å². The summed E-state index contributed by atoms with van der Waals surface area (Å²) in [6.07, 6.45) is 7.56. The molecule has 2 aromatic rings. The Balaban J connectivity index is 1.55. The predicted octanol–water partition coefficient (Wildman–Crippen LogP) is 3.45. The van der Waals surface area contributed by atoms with Crippen LogP contribution in [0.25, 0.3) is 0 Å². The van der Waals surface area contributed by atoms with Gasteiger partial charge in [0.15, 0.2) is 6.61 Å². The summed E-state index contributed by atoms with van der Waals surface area (Å²) >= 11 is 3.60. The van der Waals surface area contributed by atoms with Gasteiger partial charge in [0, 0.05) is 0 Å². The second kappa shape index (κ2) is 7.46. The number of carbonyl (C=O) groups is 1. The Morgan fingerprint density at radius 2 is 2.22 bits per heavy atom. The number of ether oxygens (including phenoxy) is 1. The van der Waals surface area contributed by atoms with Gasteiger partial charge in [0.25, 0.3) is 5.91 Å². The van der Waals surface area contributed by atoms with E-state index in [1.54, 1.807) is 18.4 Å². The number of hydrazone groups is 1. The van der Waals surface area contributed by atoms with E-state index >= 15 is 0 Å². The van der Waals surface area contributed by atoms with Gasteiger partial charge in [-0.2, -0.15) is 5.10 Å². The van der Waals surface area contributed by atoms with Crippen molar-refractivity contribution in [1.82, 2.24) is 5.43 Å². The van der Waals surface area contributed by atoms with Gasteiger partial charge < -0.3 is 9.15 Å². The topological polar surface area (TPSA) is 63.8 Å². The molecule has 120 valence electrons. The van der Waals surface area contributed by atoms with Crippen LogP contribution in [0.4, 0.5) is 0 Å². The normalized spacial score (nSPS) is 13.8. The number of nitrogens with one attached hydrogen (secondary N) is 1. The lowest BCUT2D eigenvalue weighted by atomic mass is 9.92. The highest BCUT2D eigenvalue weighted by Gasteiger charge is 2.16. The molecule has 1 aliphatic carbocycles. The SMILES string of the molecule is O=C(COc1ccc2c(c1Br)CCCC2)N/N=C\c1ccco1. The Hall–Kier alpha value is -2.08. The largest absolute Gasteiger partial charge is 0.483 e. The van der Waals surface area contributed by atoms with Gasteiger partial charge in [-0.1, -0.05) is 6.07 Å². The molecule has 3 rings (SSSR count). The van der Waals surface area contributed by atoms with Crippen LogP contribution in [0.15, 0.2) is 44.5 Å². The van der Waals surface area contributed by atoms with E-state index in [1.807, 2.05) is 6.07 Å². The van der Waals surface area contributed by atoms with Crippen molar-refractivity contribution in [3.05, 3.63) is 51.9 Å². The molecule has 1 aromatic carbocycles. The van der Waals surface area contributed by atoms with E-state index in [-0.39, 0.29) is 12.5 Å². The third kappa shape index (κ3) is 4.01. The fourth-order valence-electron chi connectivity index (χ4n) is 2.58. The third-order valence-electron chi connectivity index (χ3n) is 3.71. The van der Waals surface area contributed by atoms with Crippen molar-refractivity contribution in [3.63, 3.8) is 0 Å². The number of rotatable bonds is 5. The number of carbonyl (C=O) groups excluding carboxylic acids is 1. The lowest BCUT2D eigenvalue weighted by Gasteiger charge is -2.19. The van der Waals surface area contributed by atoms with Crippen molar-refractivity contribution in [2.45, 2.75) is 25.7 Å². The van der Waals surface area contributed by atoms with Gasteiger partial charge in [0.2, 0.25) is 0 Å². The Morgan fingerprint density at radius 3 is 3.04 bits per heavy atom. The fraction of sp³-hybridized carbons (Fsp3) is 0.294. The molecule has 0 saturated carbocycles. The van der Waals surface area contributed by atoms with Crippen molar-refractivity contribution >= 4 is 28.1 Å². The minimum absolute atomic E-state index is 0.0904. The molecule has 0 atom stereocenters. The molecule has 1 amide bonds. The summed E-state index contributed by atoms with van der Waals surface area (Å²) in [4.78, 5) is 11.7.